The van der Waals surface area contributed by atoms with Crippen LogP contribution in [0.15, 0.2) is 262 Å². The summed E-state index contributed by atoms with van der Waals surface area (Å²) < 4.78 is 281. The van der Waals surface area contributed by atoms with Crippen molar-refractivity contribution in [2.24, 2.45) is 0 Å². The Bertz CT molecular complexity index is 8370. The van der Waals surface area contributed by atoms with Gasteiger partial charge < -0.3 is 45.5 Å². The van der Waals surface area contributed by atoms with Crippen LogP contribution in [0, 0.1) is 98.0 Å². The van der Waals surface area contributed by atoms with Crippen LogP contribution in [-0.2, 0) is 6.18 Å². The number of nitriles is 2. The third-order valence-corrected chi connectivity index (χ3v) is 20.9. The van der Waals surface area contributed by atoms with Gasteiger partial charge in [0.1, 0.15) is 127 Å². The molecule has 0 bridgehead atoms. The number of benzene rings is 7. The molecule has 148 heavy (non-hydrogen) atoms. The Hall–Kier alpha value is -19.1. The molecule has 0 spiro atoms. The molecular weight excluding hydrogens is 1980 g/mol. The molecule has 13 heterocycles. The van der Waals surface area contributed by atoms with Gasteiger partial charge in [-0.3, -0.25) is 37.3 Å². The Labute approximate surface area is 819 Å². The molecule has 0 aliphatic carbocycles. The third-order valence-electron chi connectivity index (χ3n) is 20.9. The van der Waals surface area contributed by atoms with Crippen molar-refractivity contribution in [1.29, 1.82) is 10.5 Å². The number of hydrogen-bond acceptors (Lipinski definition) is 24. The maximum Gasteiger partial charge on any atom is 0.573 e. The molecule has 750 valence electrons. The summed E-state index contributed by atoms with van der Waals surface area (Å²) in [5.41, 5.74) is 10.1. The Morgan fingerprint density at radius 1 is 0.318 bits per heavy atom. The van der Waals surface area contributed by atoms with Crippen LogP contribution >= 0.6 is 0 Å². The van der Waals surface area contributed by atoms with Gasteiger partial charge in [0.15, 0.2) is 23.3 Å². The lowest BCUT2D eigenvalue weighted by atomic mass is 10.2. The fraction of sp³-hybridized carbons (Fsp3) is 0.101. The normalized spacial score (nSPS) is 11.4. The molecule has 0 saturated carbocycles. The molecule has 49 heteroatoms. The Kier molecular flexibility index (Phi) is 29.6. The smallest absolute Gasteiger partial charge is 0.435 e. The van der Waals surface area contributed by atoms with Crippen molar-refractivity contribution in [3.63, 3.8) is 0 Å². The van der Waals surface area contributed by atoms with Crippen molar-refractivity contribution in [2.75, 3.05) is 26.6 Å². The highest BCUT2D eigenvalue weighted by Gasteiger charge is 2.34. The van der Waals surface area contributed by atoms with E-state index in [-0.39, 0.29) is 74.0 Å². The van der Waals surface area contributed by atoms with Crippen LogP contribution in [0.25, 0.3) is 84.8 Å². The average molecular weight is 2050 g/mol. The largest absolute Gasteiger partial charge is 0.573 e. The number of imidazole rings is 5. The third kappa shape index (κ3) is 24.9. The van der Waals surface area contributed by atoms with Crippen molar-refractivity contribution in [3.8, 4) is 80.9 Å². The molecule has 0 atom stereocenters. The van der Waals surface area contributed by atoms with Crippen molar-refractivity contribution < 1.29 is 107 Å². The predicted octanol–water partition coefficient (Wildman–Crippen LogP) is 25.2. The van der Waals surface area contributed by atoms with Gasteiger partial charge in [-0.05, 0) is 217 Å². The molecule has 0 unspecified atom stereocenters. The van der Waals surface area contributed by atoms with Gasteiger partial charge in [-0.15, -0.1) is 26.3 Å². The second-order valence-corrected chi connectivity index (χ2v) is 31.3. The average Bonchev–Trinajstić information content (AvgIpc) is 1.62. The summed E-state index contributed by atoms with van der Waals surface area (Å²) in [6.45, 7) is 2.82. The number of nitrogens with one attached hydrogen (secondary N) is 5. The lowest BCUT2D eigenvalue weighted by molar-refractivity contribution is -0.275. The Balaban J connectivity index is 0.000000132. The Morgan fingerprint density at radius 2 is 0.608 bits per heavy atom. The van der Waals surface area contributed by atoms with Crippen LogP contribution in [0.4, 0.5) is 145 Å². The van der Waals surface area contributed by atoms with Crippen LogP contribution < -0.4 is 45.5 Å². The molecule has 20 rings (SSSR count). The summed E-state index contributed by atoms with van der Waals surface area (Å²) in [5.74, 6) is -3.14. The van der Waals surface area contributed by atoms with Crippen LogP contribution in [0.1, 0.15) is 45.4 Å². The van der Waals surface area contributed by atoms with E-state index < -0.39 is 78.3 Å². The minimum absolute atomic E-state index is 0.00487. The first kappa shape index (κ1) is 102. The number of ether oxygens (including phenoxy) is 4. The minimum Gasteiger partial charge on any atom is -0.435 e. The summed E-state index contributed by atoms with van der Waals surface area (Å²) in [4.78, 5) is 56.3. The first-order chi connectivity index (χ1) is 70.5. The summed E-state index contributed by atoms with van der Waals surface area (Å²) in [6.07, 6.45) is -0.968. The number of halogens is 20. The molecule has 13 aromatic heterocycles. The molecule has 0 fully saturated rings. The van der Waals surface area contributed by atoms with Gasteiger partial charge in [0.05, 0.1) is 122 Å². The zero-order chi connectivity index (χ0) is 105. The highest BCUT2D eigenvalue weighted by molar-refractivity contribution is 5.81. The van der Waals surface area contributed by atoms with Crippen LogP contribution in [0.2, 0.25) is 0 Å². The lowest BCUT2D eigenvalue weighted by Crippen LogP contribution is -2.17. The van der Waals surface area contributed by atoms with E-state index in [2.05, 4.69) is 110 Å². The van der Waals surface area contributed by atoms with Gasteiger partial charge >= 0.3 is 32.1 Å². The van der Waals surface area contributed by atoms with Gasteiger partial charge in [-0.25, -0.2) is 80.6 Å². The zero-order valence-electron chi connectivity index (χ0n) is 76.1. The summed E-state index contributed by atoms with van der Waals surface area (Å²) in [6, 6.07) is 49.0. The quantitative estimate of drug-likeness (QED) is 0.0417. The van der Waals surface area contributed by atoms with Gasteiger partial charge in [0, 0.05) is 71.3 Å². The molecule has 0 radical (unpaired) electrons. The van der Waals surface area contributed by atoms with Crippen LogP contribution in [0.3, 0.4) is 0 Å². The van der Waals surface area contributed by atoms with Gasteiger partial charge in [-0.2, -0.15) is 41.3 Å². The zero-order valence-corrected chi connectivity index (χ0v) is 76.1. The van der Waals surface area contributed by atoms with Crippen molar-refractivity contribution in [2.45, 2.75) is 66.7 Å². The summed E-state index contributed by atoms with van der Waals surface area (Å²) in [7, 11) is 0. The second-order valence-electron chi connectivity index (χ2n) is 31.3. The maximum absolute atomic E-state index is 13.8. The van der Waals surface area contributed by atoms with E-state index in [1.807, 2.05) is 19.1 Å². The topological polar surface area (TPSA) is 335 Å². The standard InChI is InChI=1S/C21H12F5N5O.C21H13F4N5O.C19H13F4N5O.C19H13F4N5.C19H14F3N5O/c1-11-28-17-8-15(22)16(23)9-18(17)31(11)20-7-12(10-27)6-19(30-20)29-13-2-4-14(5-3-13)32-21(24,25)26;1-11-27-17-8-15(22)16(23)9-18(17)30(11)20-7-12(10-26)6-19(29-20)28-13-2-4-14(5-3-13)31-21(24)25;1-11-18(28-10-12(20)2-7-17(28)25-11)15-8-24-9-16(27-15)26-13-3-5-14(6-4-13)29-19(21,22)23;1-11-18(28-10-13(20)4-7-17(28)25-11)15-8-24-9-16(27-15)26-14-5-2-12(3-6-14)19(21,22)23;1-11-18(27-10-12(20)2-7-17(27)24-11)15-8-23-9-16(26-15)25-13-3-5-14(6-4-13)28-19(21)22/h2-9H,1H3,(H,29,30);2-9,21H,1H3,(H,28,29);2-10H,1H3,(H,26,27);2-10H,1H3,(H,26,27);2-10,19H,1H3,(H,25,26). The number of aryl methyl sites for hydroxylation is 5. The van der Waals surface area contributed by atoms with E-state index in [9.17, 15) is 98.3 Å². The number of anilines is 10. The number of aromatic nitrogens is 18. The van der Waals surface area contributed by atoms with Crippen molar-refractivity contribution in [3.05, 3.63) is 348 Å². The molecule has 0 aliphatic rings. The van der Waals surface area contributed by atoms with E-state index in [1.54, 1.807) is 77.4 Å². The van der Waals surface area contributed by atoms with E-state index >= 15 is 0 Å². The molecule has 0 saturated heterocycles. The van der Waals surface area contributed by atoms with Gasteiger partial charge in [-0.1, -0.05) is 0 Å². The number of nitrogens with zero attached hydrogens (tertiary/aromatic N) is 20. The monoisotopic (exact) mass is 2050 g/mol. The lowest BCUT2D eigenvalue weighted by Gasteiger charge is -2.12. The molecular formula is C99H65F20N25O4. The van der Waals surface area contributed by atoms with Crippen molar-refractivity contribution in [1.82, 2.24) is 87.1 Å². The van der Waals surface area contributed by atoms with Crippen LogP contribution in [-0.4, -0.2) is 113 Å². The SMILES string of the molecule is Cc1nc2cc(F)c(F)cc2n1-c1cc(C#N)cc(Nc2ccc(OC(F)(F)F)cc2)n1.Cc1nc2cc(F)c(F)cc2n1-c1cc(C#N)cc(Nc2ccc(OC(F)F)cc2)n1.Cc1nc2ccc(F)cn2c1-c1cncc(Nc2ccc(C(F)(F)F)cc2)n1.Cc1nc2ccc(F)cn2c1-c1cncc(Nc2ccc(OC(F)(F)F)cc2)n1.Cc1nc2ccc(F)cn2c1-c1cncc(Nc2ccc(OC(F)F)cc2)n1. The molecule has 20 aromatic rings. The highest BCUT2D eigenvalue weighted by Crippen LogP contribution is 2.37. The van der Waals surface area contributed by atoms with Crippen molar-refractivity contribution >= 4 is 96.5 Å². The number of hydrogen-bond donors (Lipinski definition) is 5. The summed E-state index contributed by atoms with van der Waals surface area (Å²) in [5, 5.41) is 33.6. The summed E-state index contributed by atoms with van der Waals surface area (Å²) >= 11 is 0. The first-order valence-corrected chi connectivity index (χ1v) is 42.8. The maximum atomic E-state index is 13.8. The molecule has 0 aliphatic heterocycles. The minimum atomic E-state index is -4.81. The van der Waals surface area contributed by atoms with E-state index in [1.165, 1.54) is 186 Å². The molecule has 5 N–H and O–H groups in total. The number of rotatable bonds is 21. The number of pyridine rings is 5. The van der Waals surface area contributed by atoms with E-state index in [0.717, 1.165) is 48.5 Å². The van der Waals surface area contributed by atoms with E-state index in [0.29, 0.717) is 131 Å². The molecule has 29 nitrogen and oxygen atoms in total. The molecule has 7 aromatic carbocycles. The van der Waals surface area contributed by atoms with E-state index in [4.69, 9.17) is 0 Å². The second kappa shape index (κ2) is 43.0. The Morgan fingerprint density at radius 3 is 0.899 bits per heavy atom. The fourth-order valence-electron chi connectivity index (χ4n) is 14.8. The fourth-order valence-corrected chi connectivity index (χ4v) is 14.8. The van der Waals surface area contributed by atoms with Crippen LogP contribution in [0.5, 0.6) is 23.0 Å². The van der Waals surface area contributed by atoms with Gasteiger partial charge in [0.25, 0.3) is 0 Å². The van der Waals surface area contributed by atoms with Gasteiger partial charge in [0.2, 0.25) is 0 Å². The predicted molar refractivity (Wildman–Crippen MR) is 499 cm³/mol. The highest BCUT2D eigenvalue weighted by atomic mass is 19.4. The first-order valence-electron chi connectivity index (χ1n) is 42.8. The molecule has 0 amide bonds. The number of alkyl halides is 13. The number of fused-ring (bicyclic) bond motifs is 5.